The number of benzene rings is 2. The second kappa shape index (κ2) is 7.81. The smallest absolute Gasteiger partial charge is 0.210 e. The summed E-state index contributed by atoms with van der Waals surface area (Å²) in [6.07, 6.45) is 1.05. The molecule has 0 unspecified atom stereocenters. The molecule has 0 spiro atoms. The van der Waals surface area contributed by atoms with Crippen molar-refractivity contribution >= 4 is 45.5 Å². The van der Waals surface area contributed by atoms with E-state index in [1.165, 1.54) is 11.1 Å². The summed E-state index contributed by atoms with van der Waals surface area (Å²) in [6.45, 7) is 2.15. The molecule has 0 aliphatic heterocycles. The highest BCUT2D eigenvalue weighted by Gasteiger charge is 2.06. The Morgan fingerprint density at radius 1 is 1.09 bits per heavy atom. The molecule has 2 aromatic carbocycles. The zero-order valence-electron chi connectivity index (χ0n) is 12.6. The molecule has 3 nitrogen and oxygen atoms in total. The molecule has 0 fully saturated rings. The molecule has 0 saturated carbocycles. The van der Waals surface area contributed by atoms with E-state index in [9.17, 15) is 0 Å². The standard InChI is InChI=1S/C17H16ClN3S2/c1-2-12-6-8-15(9-7-12)19-16-20-21-17(23-16)22-11-13-4-3-5-14(18)10-13/h3-10H,2,11H2,1H3,(H,19,20). The van der Waals surface area contributed by atoms with Crippen LogP contribution in [0.25, 0.3) is 0 Å². The maximum Gasteiger partial charge on any atom is 0.210 e. The summed E-state index contributed by atoms with van der Waals surface area (Å²) in [4.78, 5) is 0. The van der Waals surface area contributed by atoms with Gasteiger partial charge in [-0.1, -0.05) is 65.9 Å². The zero-order chi connectivity index (χ0) is 16.1. The fourth-order valence-electron chi connectivity index (χ4n) is 2.04. The van der Waals surface area contributed by atoms with Crippen LogP contribution in [0.3, 0.4) is 0 Å². The fraction of sp³-hybridized carbons (Fsp3) is 0.176. The molecule has 1 aromatic heterocycles. The van der Waals surface area contributed by atoms with E-state index in [0.29, 0.717) is 0 Å². The molecule has 6 heteroatoms. The minimum absolute atomic E-state index is 0.762. The van der Waals surface area contributed by atoms with Crippen LogP contribution < -0.4 is 5.32 Å². The van der Waals surface area contributed by atoms with Crippen molar-refractivity contribution in [2.75, 3.05) is 5.32 Å². The Kier molecular flexibility index (Phi) is 5.54. The van der Waals surface area contributed by atoms with E-state index in [1.54, 1.807) is 23.1 Å². The van der Waals surface area contributed by atoms with E-state index in [1.807, 2.05) is 18.2 Å². The molecule has 0 aliphatic carbocycles. The summed E-state index contributed by atoms with van der Waals surface area (Å²) >= 11 is 9.22. The quantitative estimate of drug-likeness (QED) is 0.564. The monoisotopic (exact) mass is 361 g/mol. The Hall–Kier alpha value is -1.56. The van der Waals surface area contributed by atoms with E-state index < -0.39 is 0 Å². The lowest BCUT2D eigenvalue weighted by molar-refractivity contribution is 1.01. The molecule has 0 radical (unpaired) electrons. The third-order valence-electron chi connectivity index (χ3n) is 3.27. The van der Waals surface area contributed by atoms with Gasteiger partial charge in [0.1, 0.15) is 0 Å². The largest absolute Gasteiger partial charge is 0.330 e. The average Bonchev–Trinajstić information content (AvgIpc) is 3.01. The highest BCUT2D eigenvalue weighted by Crippen LogP contribution is 2.30. The van der Waals surface area contributed by atoms with E-state index in [0.717, 1.165) is 32.4 Å². The molecule has 1 N–H and O–H groups in total. The van der Waals surface area contributed by atoms with Gasteiger partial charge in [-0.25, -0.2) is 0 Å². The van der Waals surface area contributed by atoms with Crippen molar-refractivity contribution in [2.45, 2.75) is 23.4 Å². The molecular weight excluding hydrogens is 346 g/mol. The van der Waals surface area contributed by atoms with Crippen LogP contribution in [-0.2, 0) is 12.2 Å². The first kappa shape index (κ1) is 16.3. The molecular formula is C17H16ClN3S2. The summed E-state index contributed by atoms with van der Waals surface area (Å²) in [7, 11) is 0. The van der Waals surface area contributed by atoms with Gasteiger partial charge in [0.15, 0.2) is 4.34 Å². The van der Waals surface area contributed by atoms with Crippen LogP contribution in [0, 0.1) is 0 Å². The minimum Gasteiger partial charge on any atom is -0.330 e. The van der Waals surface area contributed by atoms with Gasteiger partial charge in [0.2, 0.25) is 5.13 Å². The van der Waals surface area contributed by atoms with E-state index in [4.69, 9.17) is 11.6 Å². The first-order valence-electron chi connectivity index (χ1n) is 7.29. The van der Waals surface area contributed by atoms with Gasteiger partial charge in [0.25, 0.3) is 0 Å². The summed E-state index contributed by atoms with van der Waals surface area (Å²) in [5, 5.41) is 13.3. The number of hydrogen-bond acceptors (Lipinski definition) is 5. The summed E-state index contributed by atoms with van der Waals surface area (Å²) < 4.78 is 0.942. The number of aromatic nitrogens is 2. The number of nitrogens with zero attached hydrogens (tertiary/aromatic N) is 2. The van der Waals surface area contributed by atoms with Crippen molar-refractivity contribution < 1.29 is 0 Å². The van der Waals surface area contributed by atoms with Gasteiger partial charge in [-0.2, -0.15) is 0 Å². The lowest BCUT2D eigenvalue weighted by Gasteiger charge is -2.02. The molecule has 118 valence electrons. The number of halogens is 1. The third-order valence-corrected chi connectivity index (χ3v) is 5.55. The second-order valence-electron chi connectivity index (χ2n) is 4.97. The lowest BCUT2D eigenvalue weighted by Crippen LogP contribution is -1.89. The van der Waals surface area contributed by atoms with Crippen molar-refractivity contribution in [1.29, 1.82) is 0 Å². The molecule has 3 rings (SSSR count). The first-order chi connectivity index (χ1) is 11.2. The van der Waals surface area contributed by atoms with Crippen molar-refractivity contribution in [2.24, 2.45) is 0 Å². The normalized spacial score (nSPS) is 10.7. The number of hydrogen-bond donors (Lipinski definition) is 1. The molecule has 0 bridgehead atoms. The molecule has 0 amide bonds. The molecule has 1 heterocycles. The Morgan fingerprint density at radius 2 is 1.91 bits per heavy atom. The third kappa shape index (κ3) is 4.70. The Morgan fingerprint density at radius 3 is 2.65 bits per heavy atom. The molecule has 0 aliphatic rings. The van der Waals surface area contributed by atoms with Crippen LogP contribution in [0.15, 0.2) is 52.9 Å². The van der Waals surface area contributed by atoms with Gasteiger partial charge in [-0.15, -0.1) is 10.2 Å². The lowest BCUT2D eigenvalue weighted by atomic mass is 10.1. The summed E-state index contributed by atoms with van der Waals surface area (Å²) in [5.74, 6) is 0.834. The van der Waals surface area contributed by atoms with Gasteiger partial charge in [-0.3, -0.25) is 0 Å². The van der Waals surface area contributed by atoms with E-state index in [2.05, 4.69) is 52.8 Å². The predicted molar refractivity (Wildman–Crippen MR) is 100 cm³/mol. The van der Waals surface area contributed by atoms with Crippen LogP contribution in [0.4, 0.5) is 10.8 Å². The van der Waals surface area contributed by atoms with Gasteiger partial charge in [0, 0.05) is 16.5 Å². The number of thioether (sulfide) groups is 1. The number of aryl methyl sites for hydroxylation is 1. The van der Waals surface area contributed by atoms with Gasteiger partial charge in [-0.05, 0) is 41.8 Å². The predicted octanol–water partition coefficient (Wildman–Crippen LogP) is 5.79. The second-order valence-corrected chi connectivity index (χ2v) is 7.60. The Balaban J connectivity index is 1.59. The molecule has 0 atom stereocenters. The van der Waals surface area contributed by atoms with Gasteiger partial charge in [0.05, 0.1) is 0 Å². The van der Waals surface area contributed by atoms with Crippen molar-refractivity contribution in [3.8, 4) is 0 Å². The number of nitrogens with one attached hydrogen (secondary N) is 1. The minimum atomic E-state index is 0.762. The number of anilines is 2. The van der Waals surface area contributed by atoms with Crippen molar-refractivity contribution in [3.63, 3.8) is 0 Å². The summed E-state index contributed by atoms with van der Waals surface area (Å²) in [6, 6.07) is 16.3. The fourth-order valence-corrected chi connectivity index (χ4v) is 3.97. The number of rotatable bonds is 6. The molecule has 0 saturated heterocycles. The maximum absolute atomic E-state index is 6.00. The SMILES string of the molecule is CCc1ccc(Nc2nnc(SCc3cccc(Cl)c3)s2)cc1. The van der Waals surface area contributed by atoms with Crippen molar-refractivity contribution in [3.05, 3.63) is 64.7 Å². The topological polar surface area (TPSA) is 37.8 Å². The molecule has 3 aromatic rings. The van der Waals surface area contributed by atoms with Crippen LogP contribution in [0.1, 0.15) is 18.1 Å². The Labute approximate surface area is 149 Å². The van der Waals surface area contributed by atoms with Crippen LogP contribution >= 0.6 is 34.7 Å². The average molecular weight is 362 g/mol. The maximum atomic E-state index is 6.00. The van der Waals surface area contributed by atoms with Crippen LogP contribution in [0.5, 0.6) is 0 Å². The molecule has 23 heavy (non-hydrogen) atoms. The zero-order valence-corrected chi connectivity index (χ0v) is 15.0. The van der Waals surface area contributed by atoms with Crippen LogP contribution in [-0.4, -0.2) is 10.2 Å². The Bertz CT molecular complexity index is 772. The summed E-state index contributed by atoms with van der Waals surface area (Å²) in [5.41, 5.74) is 3.54. The first-order valence-corrected chi connectivity index (χ1v) is 9.47. The van der Waals surface area contributed by atoms with Crippen LogP contribution in [0.2, 0.25) is 5.02 Å². The van der Waals surface area contributed by atoms with Crippen molar-refractivity contribution in [1.82, 2.24) is 10.2 Å². The van der Waals surface area contributed by atoms with E-state index >= 15 is 0 Å². The highest BCUT2D eigenvalue weighted by atomic mass is 35.5. The van der Waals surface area contributed by atoms with E-state index in [-0.39, 0.29) is 0 Å². The highest BCUT2D eigenvalue weighted by molar-refractivity contribution is 8.00. The van der Waals surface area contributed by atoms with Gasteiger partial charge >= 0.3 is 0 Å². The van der Waals surface area contributed by atoms with Gasteiger partial charge < -0.3 is 5.32 Å².